The predicted octanol–water partition coefficient (Wildman–Crippen LogP) is 5.17. The molecule has 0 unspecified atom stereocenters. The number of rotatable bonds is 9. The molecule has 4 aromatic rings. The molecule has 0 spiro atoms. The molecule has 0 aromatic heterocycles. The molecule has 2 nitrogen and oxygen atoms in total. The van der Waals surface area contributed by atoms with Gasteiger partial charge in [0.2, 0.25) is 0 Å². The van der Waals surface area contributed by atoms with E-state index in [4.69, 9.17) is 0 Å². The molecule has 0 heterocycles. The van der Waals surface area contributed by atoms with Crippen LogP contribution in [0.25, 0.3) is 0 Å². The Bertz CT molecular complexity index is 1070. The predicted molar refractivity (Wildman–Crippen MR) is 132 cm³/mol. The van der Waals surface area contributed by atoms with Crippen molar-refractivity contribution in [2.24, 2.45) is 0 Å². The Morgan fingerprint density at radius 3 is 1.09 bits per heavy atom. The van der Waals surface area contributed by atoms with Gasteiger partial charge >= 0.3 is 201 Å². The Morgan fingerprint density at radius 1 is 0.438 bits per heavy atom. The summed E-state index contributed by atoms with van der Waals surface area (Å²) >= 11 is 1.10. The van der Waals surface area contributed by atoms with E-state index in [2.05, 4.69) is 24.3 Å². The van der Waals surface area contributed by atoms with Crippen molar-refractivity contribution in [3.05, 3.63) is 143 Å². The molecule has 4 heteroatoms. The van der Waals surface area contributed by atoms with E-state index >= 15 is 0 Å². The number of ketones is 2. The Hall–Kier alpha value is -2.74. The number of carbonyl (C=O) groups is 2. The number of hydrogen-bond acceptors (Lipinski definition) is 2. The Balaban J connectivity index is 1.25. The third kappa shape index (κ3) is 5.94. The Kier molecular flexibility index (Phi) is 7.87. The van der Waals surface area contributed by atoms with Crippen LogP contribution in [0.15, 0.2) is 109 Å². The molecular formula is C28H22O2Se2. The first-order valence-electron chi connectivity index (χ1n) is 10.3. The molecule has 0 atom stereocenters. The van der Waals surface area contributed by atoms with Crippen molar-refractivity contribution in [3.8, 4) is 0 Å². The second kappa shape index (κ2) is 11.2. The summed E-state index contributed by atoms with van der Waals surface area (Å²) in [6, 6.07) is 34.9. The molecule has 32 heavy (non-hydrogen) atoms. The minimum absolute atomic E-state index is 0.0704. The quantitative estimate of drug-likeness (QED) is 0.164. The summed E-state index contributed by atoms with van der Waals surface area (Å²) in [5.41, 5.74) is 5.51. The zero-order chi connectivity index (χ0) is 22.2. The zero-order valence-electron chi connectivity index (χ0n) is 17.4. The van der Waals surface area contributed by atoms with Crippen LogP contribution in [0.3, 0.4) is 0 Å². The van der Waals surface area contributed by atoms with Gasteiger partial charge in [0.05, 0.1) is 0 Å². The third-order valence-corrected chi connectivity index (χ3v) is 11.7. The Labute approximate surface area is 199 Å². The first-order chi connectivity index (χ1) is 15.7. The summed E-state index contributed by atoms with van der Waals surface area (Å²) in [4.78, 5) is 25.0. The van der Waals surface area contributed by atoms with Gasteiger partial charge in [0.1, 0.15) is 0 Å². The first-order valence-corrected chi connectivity index (χ1v) is 17.1. The van der Waals surface area contributed by atoms with Crippen LogP contribution in [-0.2, 0) is 10.6 Å². The van der Waals surface area contributed by atoms with E-state index in [-0.39, 0.29) is 11.6 Å². The van der Waals surface area contributed by atoms with E-state index in [0.717, 1.165) is 32.9 Å². The van der Waals surface area contributed by atoms with Gasteiger partial charge in [-0.1, -0.05) is 0 Å². The van der Waals surface area contributed by atoms with Gasteiger partial charge in [-0.05, 0) is 0 Å². The molecule has 0 fully saturated rings. The molecular weight excluding hydrogens is 526 g/mol. The topological polar surface area (TPSA) is 34.1 Å². The van der Waals surface area contributed by atoms with Crippen molar-refractivity contribution in [2.75, 3.05) is 0 Å². The SMILES string of the molecule is O=C(c1ccccc1)c1ccc(C[Se][Se]Cc2ccc(C(=O)c3ccccc3)cc2)cc1. The second-order valence-electron chi connectivity index (χ2n) is 7.31. The van der Waals surface area contributed by atoms with Crippen LogP contribution in [0, 0.1) is 0 Å². The van der Waals surface area contributed by atoms with Gasteiger partial charge in [0.15, 0.2) is 0 Å². The molecule has 4 rings (SSSR count). The van der Waals surface area contributed by atoms with E-state index in [1.807, 2.05) is 84.9 Å². The maximum atomic E-state index is 12.5. The molecule has 0 saturated carbocycles. The molecule has 0 aliphatic carbocycles. The van der Waals surface area contributed by atoms with Crippen LogP contribution < -0.4 is 0 Å². The minimum atomic E-state index is 0.0704. The van der Waals surface area contributed by atoms with Gasteiger partial charge in [-0.25, -0.2) is 0 Å². The van der Waals surface area contributed by atoms with Crippen molar-refractivity contribution in [1.29, 1.82) is 0 Å². The fourth-order valence-corrected chi connectivity index (χ4v) is 9.75. The van der Waals surface area contributed by atoms with E-state index in [1.54, 1.807) is 0 Å². The van der Waals surface area contributed by atoms with Gasteiger partial charge < -0.3 is 0 Å². The van der Waals surface area contributed by atoms with Crippen molar-refractivity contribution in [3.63, 3.8) is 0 Å². The van der Waals surface area contributed by atoms with Gasteiger partial charge in [0.25, 0.3) is 0 Å². The van der Waals surface area contributed by atoms with Crippen molar-refractivity contribution in [1.82, 2.24) is 0 Å². The van der Waals surface area contributed by atoms with Crippen LogP contribution in [-0.4, -0.2) is 37.8 Å². The number of benzene rings is 4. The van der Waals surface area contributed by atoms with E-state index in [1.165, 1.54) is 11.1 Å². The van der Waals surface area contributed by atoms with Gasteiger partial charge in [-0.2, -0.15) is 0 Å². The summed E-state index contributed by atoms with van der Waals surface area (Å²) < 4.78 is 0. The van der Waals surface area contributed by atoms with E-state index < -0.39 is 0 Å². The molecule has 0 saturated heterocycles. The molecule has 0 bridgehead atoms. The maximum absolute atomic E-state index is 12.5. The zero-order valence-corrected chi connectivity index (χ0v) is 20.9. The van der Waals surface area contributed by atoms with Crippen LogP contribution >= 0.6 is 0 Å². The van der Waals surface area contributed by atoms with Gasteiger partial charge in [-0.15, -0.1) is 0 Å². The van der Waals surface area contributed by atoms with Crippen LogP contribution in [0.2, 0.25) is 0 Å². The van der Waals surface area contributed by atoms with Crippen molar-refractivity contribution < 1.29 is 9.59 Å². The summed E-state index contributed by atoms with van der Waals surface area (Å²) in [6.45, 7) is 0. The number of hydrogen-bond donors (Lipinski definition) is 0. The van der Waals surface area contributed by atoms with Crippen LogP contribution in [0.1, 0.15) is 43.0 Å². The standard InChI is InChI=1S/C28H22O2Se2/c29-27(23-7-3-1-4-8-23)25-15-11-21(12-16-25)19-31-32-20-22-13-17-26(18-14-22)28(30)24-9-5-2-6-10-24/h1-18H,19-20H2. The number of carbonyl (C=O) groups excluding carboxylic acids is 2. The van der Waals surface area contributed by atoms with E-state index in [0.29, 0.717) is 26.3 Å². The second-order valence-corrected chi connectivity index (χ2v) is 14.6. The summed E-state index contributed by atoms with van der Waals surface area (Å²) in [7, 11) is 0. The molecule has 0 aliphatic heterocycles. The normalized spacial score (nSPS) is 10.6. The molecule has 0 N–H and O–H groups in total. The van der Waals surface area contributed by atoms with Crippen LogP contribution in [0.4, 0.5) is 0 Å². The fraction of sp³-hybridized carbons (Fsp3) is 0.0714. The fourth-order valence-electron chi connectivity index (χ4n) is 3.24. The molecule has 158 valence electrons. The van der Waals surface area contributed by atoms with Crippen LogP contribution in [0.5, 0.6) is 0 Å². The van der Waals surface area contributed by atoms with Crippen molar-refractivity contribution >= 4 is 37.8 Å². The third-order valence-electron chi connectivity index (χ3n) is 5.04. The van der Waals surface area contributed by atoms with Gasteiger partial charge in [-0.3, -0.25) is 0 Å². The first kappa shape index (κ1) is 22.5. The average molecular weight is 548 g/mol. The van der Waals surface area contributed by atoms with E-state index in [9.17, 15) is 9.59 Å². The Morgan fingerprint density at radius 2 is 0.750 bits per heavy atom. The summed E-state index contributed by atoms with van der Waals surface area (Å²) in [5.74, 6) is 0.141. The van der Waals surface area contributed by atoms with Crippen molar-refractivity contribution in [2.45, 2.75) is 10.6 Å². The molecule has 0 aliphatic rings. The summed E-state index contributed by atoms with van der Waals surface area (Å²) in [5, 5.41) is 2.16. The monoisotopic (exact) mass is 550 g/mol. The molecule has 0 radical (unpaired) electrons. The summed E-state index contributed by atoms with van der Waals surface area (Å²) in [6.07, 6.45) is 0. The average Bonchev–Trinajstić information content (AvgIpc) is 2.87. The molecule has 0 amide bonds. The van der Waals surface area contributed by atoms with Gasteiger partial charge in [0, 0.05) is 0 Å². The molecule has 4 aromatic carbocycles.